The van der Waals surface area contributed by atoms with Gasteiger partial charge in [0.2, 0.25) is 5.91 Å². The molecule has 6 heteroatoms. The van der Waals surface area contributed by atoms with Gasteiger partial charge in [0.05, 0.1) is 0 Å². The number of hydrogen-bond acceptors (Lipinski definition) is 3. The molecule has 2 aromatic carbocycles. The molecule has 0 aromatic heterocycles. The zero-order chi connectivity index (χ0) is 19.1. The maximum atomic E-state index is 12.2. The van der Waals surface area contributed by atoms with Gasteiger partial charge >= 0.3 is 6.03 Å². The van der Waals surface area contributed by atoms with Crippen molar-refractivity contribution in [2.45, 2.75) is 32.2 Å². The Morgan fingerprint density at radius 1 is 1.04 bits per heavy atom. The number of carbonyl (C=O) groups excluding carboxylic acids is 2. The Balaban J connectivity index is 1.47. The van der Waals surface area contributed by atoms with Crippen LogP contribution in [0, 0.1) is 0 Å². The lowest BCUT2D eigenvalue weighted by Gasteiger charge is -2.16. The Labute approximate surface area is 159 Å². The van der Waals surface area contributed by atoms with Gasteiger partial charge in [-0.05, 0) is 48.6 Å². The quantitative estimate of drug-likeness (QED) is 0.686. The number of rotatable bonds is 6. The number of hydrogen-bond donors (Lipinski definition) is 3. The molecule has 1 heterocycles. The van der Waals surface area contributed by atoms with Gasteiger partial charge in [-0.15, -0.1) is 0 Å². The number of benzene rings is 2. The van der Waals surface area contributed by atoms with Gasteiger partial charge in [0.15, 0.2) is 0 Å². The largest absolute Gasteiger partial charge is 0.399 e. The molecule has 0 bridgehead atoms. The molecule has 1 saturated heterocycles. The fraction of sp³-hybridized carbons (Fsp3) is 0.333. The minimum absolute atomic E-state index is 0.0234. The molecule has 1 fully saturated rings. The standard InChI is InChI=1S/C21H26N4O2/c22-19-9-2-1-7-17(19)10-11-20(26)23-15-16-6-5-8-18(14-16)24-21(27)25-12-3-4-13-25/h1-2,5-9,14H,3-4,10-13,15,22H2,(H,23,26)(H,24,27). The van der Waals surface area contributed by atoms with Crippen LogP contribution in [-0.4, -0.2) is 29.9 Å². The number of carbonyl (C=O) groups is 2. The molecule has 3 amide bonds. The predicted molar refractivity (Wildman–Crippen MR) is 107 cm³/mol. The van der Waals surface area contributed by atoms with Crippen LogP contribution in [0.4, 0.5) is 16.2 Å². The average Bonchev–Trinajstić information content (AvgIpc) is 3.21. The SMILES string of the molecule is Nc1ccccc1CCC(=O)NCc1cccc(NC(=O)N2CCCC2)c1. The van der Waals surface area contributed by atoms with Crippen molar-refractivity contribution < 1.29 is 9.59 Å². The monoisotopic (exact) mass is 366 g/mol. The molecule has 6 nitrogen and oxygen atoms in total. The van der Waals surface area contributed by atoms with E-state index in [2.05, 4.69) is 10.6 Å². The first-order chi connectivity index (χ1) is 13.1. The summed E-state index contributed by atoms with van der Waals surface area (Å²) in [7, 11) is 0. The minimum atomic E-state index is -0.0610. The van der Waals surface area contributed by atoms with E-state index in [1.165, 1.54) is 0 Å². The van der Waals surface area contributed by atoms with Crippen molar-refractivity contribution in [2.75, 3.05) is 24.1 Å². The second-order valence-electron chi connectivity index (χ2n) is 6.80. The molecule has 0 atom stereocenters. The van der Waals surface area contributed by atoms with E-state index in [9.17, 15) is 9.59 Å². The zero-order valence-electron chi connectivity index (χ0n) is 15.4. The molecular formula is C21H26N4O2. The van der Waals surface area contributed by atoms with Crippen molar-refractivity contribution in [1.82, 2.24) is 10.2 Å². The van der Waals surface area contributed by atoms with Crippen LogP contribution in [0.3, 0.4) is 0 Å². The summed E-state index contributed by atoms with van der Waals surface area (Å²) in [6.07, 6.45) is 3.13. The van der Waals surface area contributed by atoms with Gasteiger partial charge in [-0.1, -0.05) is 30.3 Å². The number of nitrogens with zero attached hydrogens (tertiary/aromatic N) is 1. The van der Waals surface area contributed by atoms with Crippen molar-refractivity contribution in [3.8, 4) is 0 Å². The molecule has 1 aliphatic heterocycles. The summed E-state index contributed by atoms with van der Waals surface area (Å²) in [6, 6.07) is 15.1. The van der Waals surface area contributed by atoms with Crippen LogP contribution < -0.4 is 16.4 Å². The Morgan fingerprint density at radius 3 is 2.59 bits per heavy atom. The second-order valence-corrected chi connectivity index (χ2v) is 6.80. The Kier molecular flexibility index (Phi) is 6.30. The number of nitrogen functional groups attached to an aromatic ring is 1. The minimum Gasteiger partial charge on any atom is -0.399 e. The van der Waals surface area contributed by atoms with E-state index >= 15 is 0 Å². The molecule has 0 radical (unpaired) electrons. The van der Waals surface area contributed by atoms with Crippen molar-refractivity contribution >= 4 is 23.3 Å². The summed E-state index contributed by atoms with van der Waals surface area (Å²) >= 11 is 0. The van der Waals surface area contributed by atoms with Crippen LogP contribution in [0.25, 0.3) is 0 Å². The average molecular weight is 366 g/mol. The smallest absolute Gasteiger partial charge is 0.321 e. The van der Waals surface area contributed by atoms with Crippen LogP contribution in [0.15, 0.2) is 48.5 Å². The fourth-order valence-electron chi connectivity index (χ4n) is 3.18. The molecule has 0 spiro atoms. The van der Waals surface area contributed by atoms with E-state index in [1.807, 2.05) is 53.4 Å². The number of para-hydroxylation sites is 1. The number of amides is 3. The molecule has 1 aliphatic rings. The van der Waals surface area contributed by atoms with Gasteiger partial charge in [-0.2, -0.15) is 0 Å². The lowest BCUT2D eigenvalue weighted by atomic mass is 10.1. The summed E-state index contributed by atoms with van der Waals surface area (Å²) in [5, 5.41) is 5.85. The third-order valence-corrected chi connectivity index (χ3v) is 4.74. The van der Waals surface area contributed by atoms with E-state index in [0.717, 1.165) is 42.7 Å². The van der Waals surface area contributed by atoms with E-state index < -0.39 is 0 Å². The van der Waals surface area contributed by atoms with E-state index in [0.29, 0.717) is 25.1 Å². The first-order valence-electron chi connectivity index (χ1n) is 9.37. The van der Waals surface area contributed by atoms with Crippen LogP contribution >= 0.6 is 0 Å². The van der Waals surface area contributed by atoms with Crippen molar-refractivity contribution in [3.05, 3.63) is 59.7 Å². The molecule has 0 aliphatic carbocycles. The Hall–Kier alpha value is -3.02. The predicted octanol–water partition coefficient (Wildman–Crippen LogP) is 3.15. The summed E-state index contributed by atoms with van der Waals surface area (Å²) in [4.78, 5) is 26.1. The van der Waals surface area contributed by atoms with Gasteiger partial charge in [-0.3, -0.25) is 4.79 Å². The fourth-order valence-corrected chi connectivity index (χ4v) is 3.18. The van der Waals surface area contributed by atoms with Crippen LogP contribution in [0.1, 0.15) is 30.4 Å². The Bertz CT molecular complexity index is 800. The van der Waals surface area contributed by atoms with Crippen molar-refractivity contribution in [3.63, 3.8) is 0 Å². The first kappa shape index (κ1) is 18.8. The number of anilines is 2. The van der Waals surface area contributed by atoms with Gasteiger partial charge in [0.25, 0.3) is 0 Å². The summed E-state index contributed by atoms with van der Waals surface area (Å²) in [5.41, 5.74) is 9.30. The van der Waals surface area contributed by atoms with Crippen molar-refractivity contribution in [2.24, 2.45) is 0 Å². The van der Waals surface area contributed by atoms with E-state index in [1.54, 1.807) is 0 Å². The third-order valence-electron chi connectivity index (χ3n) is 4.74. The molecule has 0 saturated carbocycles. The molecule has 0 unspecified atom stereocenters. The Morgan fingerprint density at radius 2 is 1.81 bits per heavy atom. The topological polar surface area (TPSA) is 87.5 Å². The highest BCUT2D eigenvalue weighted by atomic mass is 16.2. The van der Waals surface area contributed by atoms with Crippen molar-refractivity contribution in [1.29, 1.82) is 0 Å². The van der Waals surface area contributed by atoms with Crippen LogP contribution in [0.2, 0.25) is 0 Å². The normalized spacial score (nSPS) is 13.4. The van der Waals surface area contributed by atoms with Gasteiger partial charge in [-0.25, -0.2) is 4.79 Å². The first-order valence-corrected chi connectivity index (χ1v) is 9.37. The highest BCUT2D eigenvalue weighted by molar-refractivity contribution is 5.89. The highest BCUT2D eigenvalue weighted by Gasteiger charge is 2.17. The zero-order valence-corrected chi connectivity index (χ0v) is 15.4. The number of likely N-dealkylation sites (tertiary alicyclic amines) is 1. The molecule has 142 valence electrons. The molecule has 4 N–H and O–H groups in total. The second kappa shape index (κ2) is 9.07. The highest BCUT2D eigenvalue weighted by Crippen LogP contribution is 2.15. The van der Waals surface area contributed by atoms with Gasteiger partial charge < -0.3 is 21.3 Å². The summed E-state index contributed by atoms with van der Waals surface area (Å²) in [6.45, 7) is 2.05. The van der Waals surface area contributed by atoms with E-state index in [-0.39, 0.29) is 11.9 Å². The summed E-state index contributed by atoms with van der Waals surface area (Å²) in [5.74, 6) is -0.0234. The lowest BCUT2D eigenvalue weighted by Crippen LogP contribution is -2.32. The molecule has 3 rings (SSSR count). The number of nitrogens with one attached hydrogen (secondary N) is 2. The molecule has 2 aromatic rings. The number of urea groups is 1. The molecular weight excluding hydrogens is 340 g/mol. The van der Waals surface area contributed by atoms with Gasteiger partial charge in [0, 0.05) is 37.4 Å². The third kappa shape index (κ3) is 5.48. The van der Waals surface area contributed by atoms with Crippen LogP contribution in [0.5, 0.6) is 0 Å². The molecule has 27 heavy (non-hydrogen) atoms. The maximum Gasteiger partial charge on any atom is 0.321 e. The summed E-state index contributed by atoms with van der Waals surface area (Å²) < 4.78 is 0. The van der Waals surface area contributed by atoms with E-state index in [4.69, 9.17) is 5.73 Å². The maximum absolute atomic E-state index is 12.2. The van der Waals surface area contributed by atoms with Crippen LogP contribution in [-0.2, 0) is 17.8 Å². The number of aryl methyl sites for hydroxylation is 1. The number of nitrogens with two attached hydrogens (primary N) is 1. The lowest BCUT2D eigenvalue weighted by molar-refractivity contribution is -0.121. The van der Waals surface area contributed by atoms with Gasteiger partial charge in [0.1, 0.15) is 0 Å².